The zero-order chi connectivity index (χ0) is 14.3. The minimum atomic E-state index is 0.214. The van der Waals surface area contributed by atoms with E-state index in [-0.39, 0.29) is 6.10 Å². The van der Waals surface area contributed by atoms with Gasteiger partial charge in [0.2, 0.25) is 0 Å². The first-order valence-electron chi connectivity index (χ1n) is 7.17. The summed E-state index contributed by atoms with van der Waals surface area (Å²) < 4.78 is 5.77. The van der Waals surface area contributed by atoms with Gasteiger partial charge in [0.25, 0.3) is 0 Å². The van der Waals surface area contributed by atoms with E-state index < -0.39 is 0 Å². The predicted molar refractivity (Wildman–Crippen MR) is 81.8 cm³/mol. The van der Waals surface area contributed by atoms with E-state index in [1.54, 1.807) is 0 Å². The Morgan fingerprint density at radius 3 is 2.58 bits per heavy atom. The summed E-state index contributed by atoms with van der Waals surface area (Å²) in [4.78, 5) is 2.21. The van der Waals surface area contributed by atoms with Gasteiger partial charge in [0.05, 0.1) is 6.10 Å². The number of nitrogens with zero attached hydrogens (tertiary/aromatic N) is 1. The maximum Gasteiger partial charge on any atom is 0.120 e. The van der Waals surface area contributed by atoms with Crippen molar-refractivity contribution in [2.24, 2.45) is 0 Å². The maximum absolute atomic E-state index is 5.77. The fraction of sp³-hybridized carbons (Fsp3) is 0.625. The van der Waals surface area contributed by atoms with Gasteiger partial charge in [0.1, 0.15) is 5.75 Å². The third-order valence-corrected chi connectivity index (χ3v) is 2.82. The van der Waals surface area contributed by atoms with Gasteiger partial charge < -0.3 is 15.0 Å². The molecule has 1 aromatic carbocycles. The van der Waals surface area contributed by atoms with Crippen LogP contribution in [-0.2, 0) is 0 Å². The van der Waals surface area contributed by atoms with E-state index in [9.17, 15) is 0 Å². The van der Waals surface area contributed by atoms with Crippen molar-refractivity contribution < 1.29 is 4.74 Å². The largest absolute Gasteiger partial charge is 0.491 e. The van der Waals surface area contributed by atoms with Crippen molar-refractivity contribution in [1.82, 2.24) is 10.2 Å². The lowest BCUT2D eigenvalue weighted by molar-refractivity contribution is 0.241. The summed E-state index contributed by atoms with van der Waals surface area (Å²) in [7, 11) is 4.21. The Bertz CT molecular complexity index is 364. The number of benzene rings is 1. The molecule has 0 spiro atoms. The summed E-state index contributed by atoms with van der Waals surface area (Å²) in [6.07, 6.45) is 1.36. The molecule has 1 atom stereocenters. The van der Waals surface area contributed by atoms with Crippen LogP contribution in [0, 0.1) is 0 Å². The molecule has 0 saturated carbocycles. The standard InChI is InChI=1S/C16H28N2O/c1-6-10-17-16(12-18(4)5)14-8-7-9-15(11-14)19-13(2)3/h7-9,11,13,16-17H,6,10,12H2,1-5H3. The van der Waals surface area contributed by atoms with E-state index in [0.717, 1.165) is 25.3 Å². The van der Waals surface area contributed by atoms with Gasteiger partial charge in [0.15, 0.2) is 0 Å². The summed E-state index contributed by atoms with van der Waals surface area (Å²) in [5.74, 6) is 0.953. The fourth-order valence-corrected chi connectivity index (χ4v) is 2.05. The van der Waals surface area contributed by atoms with E-state index in [1.807, 2.05) is 6.07 Å². The number of hydrogen-bond donors (Lipinski definition) is 1. The van der Waals surface area contributed by atoms with Crippen LogP contribution in [0.15, 0.2) is 24.3 Å². The van der Waals surface area contributed by atoms with Crippen molar-refractivity contribution in [3.8, 4) is 5.75 Å². The second-order valence-electron chi connectivity index (χ2n) is 5.51. The monoisotopic (exact) mass is 264 g/mol. The van der Waals surface area contributed by atoms with Crippen molar-refractivity contribution in [3.63, 3.8) is 0 Å². The van der Waals surface area contributed by atoms with E-state index in [4.69, 9.17) is 4.74 Å². The van der Waals surface area contributed by atoms with Gasteiger partial charge in [-0.2, -0.15) is 0 Å². The number of hydrogen-bond acceptors (Lipinski definition) is 3. The fourth-order valence-electron chi connectivity index (χ4n) is 2.05. The van der Waals surface area contributed by atoms with E-state index >= 15 is 0 Å². The molecule has 0 amide bonds. The Morgan fingerprint density at radius 1 is 1.26 bits per heavy atom. The van der Waals surface area contributed by atoms with Crippen molar-refractivity contribution in [2.45, 2.75) is 39.3 Å². The summed E-state index contributed by atoms with van der Waals surface area (Å²) in [6, 6.07) is 8.77. The van der Waals surface area contributed by atoms with E-state index in [2.05, 4.69) is 63.3 Å². The topological polar surface area (TPSA) is 24.5 Å². The summed E-state index contributed by atoms with van der Waals surface area (Å²) >= 11 is 0. The number of likely N-dealkylation sites (N-methyl/N-ethyl adjacent to an activating group) is 1. The normalized spacial score (nSPS) is 13.0. The average Bonchev–Trinajstić information content (AvgIpc) is 2.33. The molecule has 0 fully saturated rings. The van der Waals surface area contributed by atoms with Crippen LogP contribution >= 0.6 is 0 Å². The smallest absolute Gasteiger partial charge is 0.120 e. The molecular weight excluding hydrogens is 236 g/mol. The maximum atomic E-state index is 5.77. The minimum Gasteiger partial charge on any atom is -0.491 e. The van der Waals surface area contributed by atoms with E-state index in [1.165, 1.54) is 5.56 Å². The lowest BCUT2D eigenvalue weighted by atomic mass is 10.1. The second kappa shape index (κ2) is 8.18. The first kappa shape index (κ1) is 16.0. The molecule has 0 bridgehead atoms. The third-order valence-electron chi connectivity index (χ3n) is 2.82. The van der Waals surface area contributed by atoms with Crippen molar-refractivity contribution >= 4 is 0 Å². The van der Waals surface area contributed by atoms with Gasteiger partial charge in [-0.3, -0.25) is 0 Å². The lowest BCUT2D eigenvalue weighted by Gasteiger charge is -2.23. The molecule has 0 aromatic heterocycles. The van der Waals surface area contributed by atoms with Crippen molar-refractivity contribution in [2.75, 3.05) is 27.2 Å². The average molecular weight is 264 g/mol. The molecular formula is C16H28N2O. The molecule has 1 N–H and O–H groups in total. The van der Waals surface area contributed by atoms with Gasteiger partial charge >= 0.3 is 0 Å². The van der Waals surface area contributed by atoms with Crippen LogP contribution in [0.1, 0.15) is 38.8 Å². The summed E-state index contributed by atoms with van der Waals surface area (Å²) in [6.45, 7) is 8.33. The van der Waals surface area contributed by atoms with Crippen LogP contribution in [0.5, 0.6) is 5.75 Å². The molecule has 0 heterocycles. The number of ether oxygens (including phenoxy) is 1. The van der Waals surface area contributed by atoms with Crippen LogP contribution in [0.4, 0.5) is 0 Å². The van der Waals surface area contributed by atoms with Crippen LogP contribution < -0.4 is 10.1 Å². The summed E-state index contributed by atoms with van der Waals surface area (Å²) in [5.41, 5.74) is 1.29. The van der Waals surface area contributed by atoms with Crippen molar-refractivity contribution in [1.29, 1.82) is 0 Å². The molecule has 0 aliphatic heterocycles. The quantitative estimate of drug-likeness (QED) is 0.781. The molecule has 3 nitrogen and oxygen atoms in total. The van der Waals surface area contributed by atoms with E-state index in [0.29, 0.717) is 6.04 Å². The molecule has 1 unspecified atom stereocenters. The van der Waals surface area contributed by atoms with Gasteiger partial charge in [0, 0.05) is 12.6 Å². The number of rotatable bonds is 8. The van der Waals surface area contributed by atoms with Gasteiger partial charge in [-0.15, -0.1) is 0 Å². The van der Waals surface area contributed by atoms with Crippen LogP contribution in [-0.4, -0.2) is 38.2 Å². The molecule has 0 saturated heterocycles. The molecule has 3 heteroatoms. The first-order chi connectivity index (χ1) is 9.02. The molecule has 19 heavy (non-hydrogen) atoms. The highest BCUT2D eigenvalue weighted by atomic mass is 16.5. The van der Waals surface area contributed by atoms with Gasteiger partial charge in [-0.25, -0.2) is 0 Å². The van der Waals surface area contributed by atoms with Crippen molar-refractivity contribution in [3.05, 3.63) is 29.8 Å². The molecule has 0 aliphatic carbocycles. The SMILES string of the molecule is CCCNC(CN(C)C)c1cccc(OC(C)C)c1. The Morgan fingerprint density at radius 2 is 2.00 bits per heavy atom. The molecule has 1 aromatic rings. The highest BCUT2D eigenvalue weighted by molar-refractivity contribution is 5.31. The Labute approximate surface area is 118 Å². The minimum absolute atomic E-state index is 0.214. The molecule has 108 valence electrons. The molecule has 1 rings (SSSR count). The van der Waals surface area contributed by atoms with Gasteiger partial charge in [-0.05, 0) is 58.6 Å². The zero-order valence-corrected chi connectivity index (χ0v) is 12.9. The Kier molecular flexibility index (Phi) is 6.89. The molecule has 0 radical (unpaired) electrons. The van der Waals surface area contributed by atoms with Crippen LogP contribution in [0.3, 0.4) is 0 Å². The lowest BCUT2D eigenvalue weighted by Crippen LogP contribution is -2.31. The van der Waals surface area contributed by atoms with Gasteiger partial charge in [-0.1, -0.05) is 19.1 Å². The molecule has 0 aliphatic rings. The van der Waals surface area contributed by atoms with Crippen LogP contribution in [0.2, 0.25) is 0 Å². The Hall–Kier alpha value is -1.06. The van der Waals surface area contributed by atoms with Crippen LogP contribution in [0.25, 0.3) is 0 Å². The second-order valence-corrected chi connectivity index (χ2v) is 5.51. The number of nitrogens with one attached hydrogen (secondary N) is 1. The first-order valence-corrected chi connectivity index (χ1v) is 7.17. The zero-order valence-electron chi connectivity index (χ0n) is 12.9. The Balaban J connectivity index is 2.81. The highest BCUT2D eigenvalue weighted by Crippen LogP contribution is 2.21. The highest BCUT2D eigenvalue weighted by Gasteiger charge is 2.12. The summed E-state index contributed by atoms with van der Waals surface area (Å²) in [5, 5.41) is 3.60. The third kappa shape index (κ3) is 6.08. The predicted octanol–water partition coefficient (Wildman–Crippen LogP) is 3.08.